The number of pyridine rings is 1. The number of anilines is 1. The molecule has 1 aliphatic carbocycles. The zero-order valence-corrected chi connectivity index (χ0v) is 15.9. The average molecular weight is 369 g/mol. The number of aromatic nitrogens is 3. The quantitative estimate of drug-likeness (QED) is 0.807. The van der Waals surface area contributed by atoms with Crippen LogP contribution in [0.2, 0.25) is 0 Å². The number of rotatable bonds is 5. The lowest BCUT2D eigenvalue weighted by Crippen LogP contribution is -2.41. The Morgan fingerprint density at radius 1 is 1.22 bits per heavy atom. The first-order valence-electron chi connectivity index (χ1n) is 10.1. The number of amides is 1. The summed E-state index contributed by atoms with van der Waals surface area (Å²) >= 11 is 0. The van der Waals surface area contributed by atoms with E-state index in [4.69, 9.17) is 4.52 Å². The van der Waals surface area contributed by atoms with Gasteiger partial charge in [-0.25, -0.2) is 4.98 Å². The van der Waals surface area contributed by atoms with Gasteiger partial charge in [-0.3, -0.25) is 4.79 Å². The van der Waals surface area contributed by atoms with E-state index in [1.165, 1.54) is 6.42 Å². The van der Waals surface area contributed by atoms with Crippen molar-refractivity contribution in [2.24, 2.45) is 5.92 Å². The highest BCUT2D eigenvalue weighted by atomic mass is 16.5. The molecule has 2 aliphatic rings. The number of hydrogen-bond donors (Lipinski definition) is 0. The topological polar surface area (TPSA) is 75.4 Å². The van der Waals surface area contributed by atoms with Crippen molar-refractivity contribution in [2.45, 2.75) is 45.4 Å². The zero-order chi connectivity index (χ0) is 18.6. The van der Waals surface area contributed by atoms with Crippen LogP contribution in [0.15, 0.2) is 22.9 Å². The second-order valence-electron chi connectivity index (χ2n) is 7.43. The van der Waals surface area contributed by atoms with Crippen LogP contribution in [0.4, 0.5) is 5.82 Å². The number of hydrogen-bond acceptors (Lipinski definition) is 6. The van der Waals surface area contributed by atoms with Crippen LogP contribution >= 0.6 is 0 Å². The Bertz CT molecular complexity index is 786. The Morgan fingerprint density at radius 3 is 2.89 bits per heavy atom. The molecule has 0 N–H and O–H groups in total. The molecule has 1 saturated heterocycles. The molecule has 0 aromatic carbocycles. The molecule has 27 heavy (non-hydrogen) atoms. The van der Waals surface area contributed by atoms with Crippen LogP contribution in [-0.2, 0) is 11.2 Å². The molecule has 0 atom stereocenters. The lowest BCUT2D eigenvalue weighted by Gasteiger charge is -2.31. The first kappa shape index (κ1) is 17.9. The lowest BCUT2D eigenvalue weighted by molar-refractivity contribution is -0.137. The van der Waals surface area contributed by atoms with Crippen molar-refractivity contribution in [3.63, 3.8) is 0 Å². The average Bonchev–Trinajstić information content (AvgIpc) is 2.96. The summed E-state index contributed by atoms with van der Waals surface area (Å²) in [6.45, 7) is 5.32. The van der Waals surface area contributed by atoms with E-state index in [9.17, 15) is 4.79 Å². The molecule has 144 valence electrons. The summed E-state index contributed by atoms with van der Waals surface area (Å²) in [6, 6.07) is 3.88. The molecular formula is C20H27N5O2. The minimum atomic E-state index is 0.261. The molecule has 2 fully saturated rings. The fourth-order valence-electron chi connectivity index (χ4n) is 3.77. The van der Waals surface area contributed by atoms with Gasteiger partial charge in [-0.15, -0.1) is 0 Å². The molecule has 0 radical (unpaired) electrons. The Kier molecular flexibility index (Phi) is 5.36. The van der Waals surface area contributed by atoms with E-state index >= 15 is 0 Å². The highest BCUT2D eigenvalue weighted by Crippen LogP contribution is 2.30. The first-order valence-corrected chi connectivity index (χ1v) is 10.1. The molecule has 2 aromatic rings. The van der Waals surface area contributed by atoms with Crippen LogP contribution < -0.4 is 4.90 Å². The largest absolute Gasteiger partial charge is 0.354 e. The van der Waals surface area contributed by atoms with E-state index in [2.05, 4.69) is 26.9 Å². The van der Waals surface area contributed by atoms with Crippen LogP contribution in [0.25, 0.3) is 11.5 Å². The predicted octanol–water partition coefficient (Wildman–Crippen LogP) is 2.92. The van der Waals surface area contributed by atoms with Gasteiger partial charge in [0, 0.05) is 44.7 Å². The third-order valence-corrected chi connectivity index (χ3v) is 5.52. The molecule has 4 rings (SSSR count). The smallest absolute Gasteiger partial charge is 0.261 e. The fourth-order valence-corrected chi connectivity index (χ4v) is 3.77. The highest BCUT2D eigenvalue weighted by molar-refractivity contribution is 5.79. The Labute approximate surface area is 159 Å². The Morgan fingerprint density at radius 2 is 2.11 bits per heavy atom. The second kappa shape index (κ2) is 8.06. The summed E-state index contributed by atoms with van der Waals surface area (Å²) < 4.78 is 5.49. The maximum atomic E-state index is 12.6. The minimum absolute atomic E-state index is 0.261. The normalized spacial score (nSPS) is 18.3. The van der Waals surface area contributed by atoms with Crippen molar-refractivity contribution in [3.05, 3.63) is 24.2 Å². The maximum absolute atomic E-state index is 12.6. The van der Waals surface area contributed by atoms with Gasteiger partial charge in [0.1, 0.15) is 5.82 Å². The van der Waals surface area contributed by atoms with Gasteiger partial charge < -0.3 is 14.3 Å². The minimum Gasteiger partial charge on any atom is -0.354 e. The standard InChI is InChI=1S/C20H27N5O2/c1-2-6-17-22-19(27-23-17)16-9-4-10-21-18(16)24-11-5-12-25(14-13-24)20(26)15-7-3-8-15/h4,9-10,15H,2-3,5-8,11-14H2,1H3. The van der Waals surface area contributed by atoms with Crippen molar-refractivity contribution in [1.29, 1.82) is 0 Å². The number of nitrogens with zero attached hydrogens (tertiary/aromatic N) is 5. The van der Waals surface area contributed by atoms with Gasteiger partial charge in [-0.05, 0) is 37.8 Å². The van der Waals surface area contributed by atoms with Crippen LogP contribution in [0.3, 0.4) is 0 Å². The number of aryl methyl sites for hydroxylation is 1. The van der Waals surface area contributed by atoms with Crippen LogP contribution in [-0.4, -0.2) is 52.1 Å². The highest BCUT2D eigenvalue weighted by Gasteiger charge is 2.31. The number of carbonyl (C=O) groups excluding carboxylic acids is 1. The van der Waals surface area contributed by atoms with Gasteiger partial charge in [-0.1, -0.05) is 18.5 Å². The van der Waals surface area contributed by atoms with Crippen molar-refractivity contribution < 1.29 is 9.32 Å². The summed E-state index contributed by atoms with van der Waals surface area (Å²) in [5.41, 5.74) is 0.867. The summed E-state index contributed by atoms with van der Waals surface area (Å²) in [6.07, 6.45) is 7.83. The first-order chi connectivity index (χ1) is 13.3. The molecule has 7 heteroatoms. The zero-order valence-electron chi connectivity index (χ0n) is 15.9. The van der Waals surface area contributed by atoms with Crippen LogP contribution in [0.1, 0.15) is 44.9 Å². The van der Waals surface area contributed by atoms with Crippen LogP contribution in [0, 0.1) is 5.92 Å². The van der Waals surface area contributed by atoms with Gasteiger partial charge in [0.2, 0.25) is 5.91 Å². The Balaban J connectivity index is 1.50. The molecule has 0 unspecified atom stereocenters. The second-order valence-corrected chi connectivity index (χ2v) is 7.43. The third kappa shape index (κ3) is 3.82. The summed E-state index contributed by atoms with van der Waals surface area (Å²) in [7, 11) is 0. The number of carbonyl (C=O) groups is 1. The molecule has 1 saturated carbocycles. The third-order valence-electron chi connectivity index (χ3n) is 5.52. The maximum Gasteiger partial charge on any atom is 0.261 e. The molecule has 7 nitrogen and oxygen atoms in total. The van der Waals surface area contributed by atoms with Crippen molar-refractivity contribution in [3.8, 4) is 11.5 Å². The van der Waals surface area contributed by atoms with E-state index in [0.717, 1.165) is 75.5 Å². The van der Waals surface area contributed by atoms with Gasteiger partial charge in [0.15, 0.2) is 5.82 Å². The van der Waals surface area contributed by atoms with E-state index in [-0.39, 0.29) is 5.92 Å². The van der Waals surface area contributed by atoms with E-state index in [1.54, 1.807) is 6.20 Å². The van der Waals surface area contributed by atoms with Gasteiger partial charge in [-0.2, -0.15) is 4.98 Å². The van der Waals surface area contributed by atoms with Gasteiger partial charge in [0.05, 0.1) is 5.56 Å². The molecule has 2 aromatic heterocycles. The molecular weight excluding hydrogens is 342 g/mol. The summed E-state index contributed by atoms with van der Waals surface area (Å²) in [4.78, 5) is 26.0. The van der Waals surface area contributed by atoms with Crippen LogP contribution in [0.5, 0.6) is 0 Å². The van der Waals surface area contributed by atoms with E-state index in [1.807, 2.05) is 17.0 Å². The summed E-state index contributed by atoms with van der Waals surface area (Å²) in [5, 5.41) is 4.07. The van der Waals surface area contributed by atoms with Gasteiger partial charge >= 0.3 is 0 Å². The molecule has 1 aliphatic heterocycles. The molecule has 0 bridgehead atoms. The molecule has 3 heterocycles. The summed E-state index contributed by atoms with van der Waals surface area (Å²) in [5.74, 6) is 2.72. The Hall–Kier alpha value is -2.44. The lowest BCUT2D eigenvalue weighted by atomic mass is 9.84. The SMILES string of the molecule is CCCc1noc(-c2cccnc2N2CCCN(C(=O)C3CCC3)CC2)n1. The van der Waals surface area contributed by atoms with E-state index < -0.39 is 0 Å². The van der Waals surface area contributed by atoms with Crippen molar-refractivity contribution >= 4 is 11.7 Å². The van der Waals surface area contributed by atoms with Crippen molar-refractivity contribution in [2.75, 3.05) is 31.1 Å². The van der Waals surface area contributed by atoms with Crippen molar-refractivity contribution in [1.82, 2.24) is 20.0 Å². The van der Waals surface area contributed by atoms with Gasteiger partial charge in [0.25, 0.3) is 5.89 Å². The fraction of sp³-hybridized carbons (Fsp3) is 0.600. The van der Waals surface area contributed by atoms with E-state index in [0.29, 0.717) is 11.8 Å². The monoisotopic (exact) mass is 369 g/mol. The predicted molar refractivity (Wildman–Crippen MR) is 102 cm³/mol. The molecule has 0 spiro atoms. The molecule has 1 amide bonds.